The van der Waals surface area contributed by atoms with Crippen molar-refractivity contribution in [1.82, 2.24) is 4.90 Å². The number of amides is 1. The number of hydrogen-bond donors (Lipinski definition) is 2. The molecule has 0 spiro atoms. The molecule has 0 aromatic heterocycles. The minimum absolute atomic E-state index is 0.0303. The maximum Gasteiger partial charge on any atom is 0.221 e. The molecule has 0 heterocycles. The van der Waals surface area contributed by atoms with Crippen LogP contribution in [0.1, 0.15) is 31.9 Å². The van der Waals surface area contributed by atoms with Crippen molar-refractivity contribution in [1.29, 1.82) is 0 Å². The van der Waals surface area contributed by atoms with Crippen LogP contribution in [0.4, 0.5) is 5.69 Å². The highest BCUT2D eigenvalue weighted by Gasteiger charge is 2.20. The summed E-state index contributed by atoms with van der Waals surface area (Å²) in [4.78, 5) is 13.5. The Kier molecular flexibility index (Phi) is 7.21. The normalized spacial score (nSPS) is 11.6. The molecule has 5 heteroatoms. The van der Waals surface area contributed by atoms with Crippen molar-refractivity contribution in [3.63, 3.8) is 0 Å². The van der Waals surface area contributed by atoms with Gasteiger partial charge in [0.1, 0.15) is 0 Å². The fraction of sp³-hybridized carbons (Fsp3) is 0.381. The number of anilines is 1. The molecule has 140 valence electrons. The van der Waals surface area contributed by atoms with Crippen LogP contribution < -0.4 is 11.1 Å². The highest BCUT2D eigenvalue weighted by Crippen LogP contribution is 2.21. The molecule has 0 aliphatic carbocycles. The maximum absolute atomic E-state index is 11.2. The minimum atomic E-state index is -0.0631. The lowest BCUT2D eigenvalue weighted by atomic mass is 9.92. The summed E-state index contributed by atoms with van der Waals surface area (Å²) in [6, 6.07) is 15.9. The van der Waals surface area contributed by atoms with E-state index in [0.29, 0.717) is 6.54 Å². The Morgan fingerprint density at radius 3 is 2.00 bits per heavy atom. The Labute approximate surface area is 161 Å². The zero-order chi connectivity index (χ0) is 19.2. The summed E-state index contributed by atoms with van der Waals surface area (Å²) in [5.41, 5.74) is 9.20. The first-order chi connectivity index (χ1) is 12.3. The molecule has 4 nitrogen and oxygen atoms in total. The first-order valence-corrected chi connectivity index (χ1v) is 9.18. The topological polar surface area (TPSA) is 58.4 Å². The summed E-state index contributed by atoms with van der Waals surface area (Å²) in [6.07, 6.45) is 0. The van der Waals surface area contributed by atoms with Crippen LogP contribution in [0.15, 0.2) is 48.5 Å². The van der Waals surface area contributed by atoms with E-state index < -0.39 is 0 Å². The summed E-state index contributed by atoms with van der Waals surface area (Å²) in [5, 5.41) is 3.54. The fourth-order valence-corrected chi connectivity index (χ4v) is 2.97. The van der Waals surface area contributed by atoms with Gasteiger partial charge in [-0.05, 0) is 47.4 Å². The van der Waals surface area contributed by atoms with Gasteiger partial charge >= 0.3 is 0 Å². The van der Waals surface area contributed by atoms with Crippen LogP contribution in [-0.4, -0.2) is 23.9 Å². The molecule has 2 aromatic carbocycles. The molecule has 0 bridgehead atoms. The number of nitrogens with one attached hydrogen (secondary N) is 1. The number of nitrogens with zero attached hydrogens (tertiary/aromatic N) is 1. The van der Waals surface area contributed by atoms with Crippen molar-refractivity contribution >= 4 is 23.2 Å². The third-order valence-corrected chi connectivity index (χ3v) is 4.46. The molecule has 0 radical (unpaired) electrons. The van der Waals surface area contributed by atoms with Gasteiger partial charge in [-0.15, -0.1) is 0 Å². The van der Waals surface area contributed by atoms with E-state index in [1.165, 1.54) is 18.1 Å². The van der Waals surface area contributed by atoms with E-state index in [9.17, 15) is 4.79 Å². The van der Waals surface area contributed by atoms with Crippen molar-refractivity contribution in [2.45, 2.75) is 33.9 Å². The van der Waals surface area contributed by atoms with Crippen LogP contribution in [0.3, 0.4) is 0 Å². The number of benzene rings is 2. The first-order valence-electron chi connectivity index (χ1n) is 8.81. The van der Waals surface area contributed by atoms with Gasteiger partial charge in [0, 0.05) is 37.3 Å². The van der Waals surface area contributed by atoms with Crippen LogP contribution in [-0.2, 0) is 17.9 Å². The number of halogens is 1. The summed E-state index contributed by atoms with van der Waals surface area (Å²) in [6.45, 7) is 9.03. The predicted molar refractivity (Wildman–Crippen MR) is 109 cm³/mol. The highest BCUT2D eigenvalue weighted by atomic mass is 35.5. The molecule has 1 amide bonds. The van der Waals surface area contributed by atoms with Crippen molar-refractivity contribution < 1.29 is 4.79 Å². The van der Waals surface area contributed by atoms with Crippen molar-refractivity contribution in [3.05, 3.63) is 64.7 Å². The van der Waals surface area contributed by atoms with E-state index in [1.54, 1.807) is 0 Å². The number of nitrogens with two attached hydrogens (primary N) is 1. The second-order valence-corrected chi connectivity index (χ2v) is 7.95. The monoisotopic (exact) mass is 373 g/mol. The minimum Gasteiger partial charge on any atom is -0.330 e. The molecular formula is C21H28ClN3O. The third-order valence-electron chi connectivity index (χ3n) is 4.20. The molecule has 26 heavy (non-hydrogen) atoms. The Balaban J connectivity index is 2.12. The van der Waals surface area contributed by atoms with Crippen molar-refractivity contribution in [3.8, 4) is 0 Å². The quantitative estimate of drug-likeness (QED) is 0.725. The Morgan fingerprint density at radius 1 is 1.04 bits per heavy atom. The zero-order valence-corrected chi connectivity index (χ0v) is 16.5. The van der Waals surface area contributed by atoms with Gasteiger partial charge in [0.15, 0.2) is 0 Å². The van der Waals surface area contributed by atoms with E-state index >= 15 is 0 Å². The number of rotatable bonds is 8. The van der Waals surface area contributed by atoms with Gasteiger partial charge in [-0.3, -0.25) is 9.69 Å². The lowest BCUT2D eigenvalue weighted by Crippen LogP contribution is -2.38. The lowest BCUT2D eigenvalue weighted by Gasteiger charge is -2.32. The van der Waals surface area contributed by atoms with Crippen molar-refractivity contribution in [2.24, 2.45) is 11.1 Å². The zero-order valence-electron chi connectivity index (χ0n) is 15.8. The third kappa shape index (κ3) is 6.79. The average molecular weight is 374 g/mol. The molecule has 0 saturated carbocycles. The fourth-order valence-electron chi connectivity index (χ4n) is 2.84. The van der Waals surface area contributed by atoms with Crippen LogP contribution in [0, 0.1) is 5.41 Å². The van der Waals surface area contributed by atoms with E-state index in [2.05, 4.69) is 48.3 Å². The molecular weight excluding hydrogens is 346 g/mol. The van der Waals surface area contributed by atoms with E-state index in [-0.39, 0.29) is 11.3 Å². The largest absolute Gasteiger partial charge is 0.330 e. The molecule has 0 aliphatic heterocycles. The summed E-state index contributed by atoms with van der Waals surface area (Å²) < 4.78 is 0. The molecule has 0 saturated heterocycles. The Bertz CT molecular complexity index is 711. The van der Waals surface area contributed by atoms with Gasteiger partial charge in [-0.25, -0.2) is 0 Å². The summed E-state index contributed by atoms with van der Waals surface area (Å²) in [5.74, 6) is -0.0631. The number of carbonyl (C=O) groups excluding carboxylic acids is 1. The average Bonchev–Trinajstić information content (AvgIpc) is 2.58. The molecule has 0 unspecified atom stereocenters. The number of hydrogen-bond acceptors (Lipinski definition) is 3. The summed E-state index contributed by atoms with van der Waals surface area (Å²) in [7, 11) is 0. The van der Waals surface area contributed by atoms with Crippen molar-refractivity contribution in [2.75, 3.05) is 18.4 Å². The number of carbonyl (C=O) groups is 1. The standard InChI is InChI=1S/C21H28ClN3O/c1-16(26)24-20-10-6-18(7-11-20)13-25(15-21(2,3)14-23)12-17-4-8-19(22)9-5-17/h4-11H,12-15,23H2,1-3H3,(H,24,26). The molecule has 2 rings (SSSR count). The van der Waals surface area contributed by atoms with Gasteiger partial charge in [0.05, 0.1) is 0 Å². The Morgan fingerprint density at radius 2 is 1.54 bits per heavy atom. The highest BCUT2D eigenvalue weighted by molar-refractivity contribution is 6.30. The van der Waals surface area contributed by atoms with Gasteiger partial charge in [0.25, 0.3) is 0 Å². The molecule has 0 aliphatic rings. The van der Waals surface area contributed by atoms with Gasteiger partial charge in [-0.2, -0.15) is 0 Å². The van der Waals surface area contributed by atoms with E-state index in [0.717, 1.165) is 30.3 Å². The van der Waals surface area contributed by atoms with E-state index in [1.807, 2.05) is 24.3 Å². The van der Waals surface area contributed by atoms with Crippen LogP contribution >= 0.6 is 11.6 Å². The van der Waals surface area contributed by atoms with Crippen LogP contribution in [0.25, 0.3) is 0 Å². The van der Waals surface area contributed by atoms with Crippen LogP contribution in [0.5, 0.6) is 0 Å². The van der Waals surface area contributed by atoms with Gasteiger partial charge in [-0.1, -0.05) is 49.7 Å². The molecule has 0 atom stereocenters. The van der Waals surface area contributed by atoms with Gasteiger partial charge < -0.3 is 11.1 Å². The van der Waals surface area contributed by atoms with Crippen LogP contribution in [0.2, 0.25) is 5.02 Å². The Hall–Kier alpha value is -1.88. The summed E-state index contributed by atoms with van der Waals surface area (Å²) >= 11 is 6.00. The second-order valence-electron chi connectivity index (χ2n) is 7.52. The molecule has 0 fully saturated rings. The smallest absolute Gasteiger partial charge is 0.221 e. The maximum atomic E-state index is 11.2. The molecule has 3 N–H and O–H groups in total. The van der Waals surface area contributed by atoms with E-state index in [4.69, 9.17) is 17.3 Å². The first kappa shape index (κ1) is 20.4. The van der Waals surface area contributed by atoms with Gasteiger partial charge in [0.2, 0.25) is 5.91 Å². The SMILES string of the molecule is CC(=O)Nc1ccc(CN(Cc2ccc(Cl)cc2)CC(C)(C)CN)cc1. The molecule has 2 aromatic rings. The predicted octanol–water partition coefficient (Wildman–Crippen LogP) is 4.29. The lowest BCUT2D eigenvalue weighted by molar-refractivity contribution is -0.114. The second kappa shape index (κ2) is 9.17.